The van der Waals surface area contributed by atoms with E-state index in [0.717, 1.165) is 36.2 Å². The van der Waals surface area contributed by atoms with Gasteiger partial charge in [-0.1, -0.05) is 11.6 Å². The molecule has 1 unspecified atom stereocenters. The van der Waals surface area contributed by atoms with Gasteiger partial charge in [-0.2, -0.15) is 13.2 Å². The molecule has 0 aliphatic carbocycles. The predicted molar refractivity (Wildman–Crippen MR) is 109 cm³/mol. The van der Waals surface area contributed by atoms with Crippen LogP contribution in [0.15, 0.2) is 24.3 Å². The molecule has 31 heavy (non-hydrogen) atoms. The summed E-state index contributed by atoms with van der Waals surface area (Å²) in [5, 5.41) is 0.980. The van der Waals surface area contributed by atoms with E-state index in [4.69, 9.17) is 0 Å². The van der Waals surface area contributed by atoms with Crippen molar-refractivity contribution in [2.45, 2.75) is 57.3 Å². The minimum atomic E-state index is -4.58. The summed E-state index contributed by atoms with van der Waals surface area (Å²) >= 11 is 0. The number of amides is 2. The number of aromatic amines is 1. The molecule has 0 bridgehead atoms. The summed E-state index contributed by atoms with van der Waals surface area (Å²) in [6, 6.07) is 7.82. The molecule has 1 spiro atoms. The van der Waals surface area contributed by atoms with Crippen molar-refractivity contribution < 1.29 is 27.5 Å². The first kappa shape index (κ1) is 21.5. The third-order valence-corrected chi connectivity index (χ3v) is 6.54. The number of halogens is 3. The van der Waals surface area contributed by atoms with Gasteiger partial charge in [0.15, 0.2) is 6.10 Å². The lowest BCUT2D eigenvalue weighted by molar-refractivity contribution is -0.200. The Labute approximate surface area is 178 Å². The molecule has 9 heteroatoms. The highest BCUT2D eigenvalue weighted by Gasteiger charge is 2.47. The van der Waals surface area contributed by atoms with Gasteiger partial charge >= 0.3 is 12.3 Å². The molecule has 1 aromatic carbocycles. The van der Waals surface area contributed by atoms with Crippen LogP contribution in [0.4, 0.5) is 18.0 Å². The number of aryl methyl sites for hydroxylation is 1. The number of rotatable bonds is 2. The number of hydrogen-bond donors (Lipinski definition) is 1. The molecule has 0 radical (unpaired) electrons. The highest BCUT2D eigenvalue weighted by molar-refractivity contribution is 5.98. The average Bonchev–Trinajstić information content (AvgIpc) is 3.31. The van der Waals surface area contributed by atoms with Crippen molar-refractivity contribution in [3.05, 3.63) is 35.5 Å². The Morgan fingerprint density at radius 2 is 1.84 bits per heavy atom. The van der Waals surface area contributed by atoms with Crippen molar-refractivity contribution in [1.82, 2.24) is 14.8 Å². The number of H-pyrrole nitrogens is 1. The molecule has 1 atom stereocenters. The first-order valence-corrected chi connectivity index (χ1v) is 10.5. The number of alkyl halides is 3. The zero-order valence-corrected chi connectivity index (χ0v) is 17.6. The molecule has 168 valence electrons. The van der Waals surface area contributed by atoms with E-state index in [2.05, 4.69) is 9.72 Å². The van der Waals surface area contributed by atoms with E-state index in [1.54, 1.807) is 0 Å². The molecular weight excluding hydrogens is 411 g/mol. The van der Waals surface area contributed by atoms with E-state index in [-0.39, 0.29) is 24.5 Å². The van der Waals surface area contributed by atoms with Gasteiger partial charge in [0, 0.05) is 36.1 Å². The van der Waals surface area contributed by atoms with Crippen molar-refractivity contribution in [3.63, 3.8) is 0 Å². The van der Waals surface area contributed by atoms with E-state index in [1.807, 2.05) is 36.1 Å². The molecule has 6 nitrogen and oxygen atoms in total. The monoisotopic (exact) mass is 437 g/mol. The molecule has 1 N–H and O–H groups in total. The van der Waals surface area contributed by atoms with E-state index in [9.17, 15) is 22.8 Å². The number of hydrogen-bond acceptors (Lipinski definition) is 3. The SMILES string of the molecule is Cc1ccc2[nH]c(C(=O)N3CCCC34CCN(C(=O)OC(C)C(F)(F)F)CC4)cc2c1. The second-order valence-corrected chi connectivity index (χ2v) is 8.61. The van der Waals surface area contributed by atoms with Crippen LogP contribution in [0.25, 0.3) is 10.9 Å². The number of carbonyl (C=O) groups is 2. The van der Waals surface area contributed by atoms with E-state index >= 15 is 0 Å². The molecule has 2 saturated heterocycles. The van der Waals surface area contributed by atoms with Gasteiger partial charge < -0.3 is 19.5 Å². The van der Waals surface area contributed by atoms with Crippen LogP contribution in [0, 0.1) is 6.92 Å². The number of aromatic nitrogens is 1. The fraction of sp³-hybridized carbons (Fsp3) is 0.545. The summed E-state index contributed by atoms with van der Waals surface area (Å²) in [6.45, 7) is 3.97. The summed E-state index contributed by atoms with van der Waals surface area (Å²) in [6.07, 6.45) is -4.96. The van der Waals surface area contributed by atoms with Crippen LogP contribution in [-0.4, -0.2) is 64.2 Å². The van der Waals surface area contributed by atoms with Crippen LogP contribution >= 0.6 is 0 Å². The third kappa shape index (κ3) is 4.09. The van der Waals surface area contributed by atoms with Crippen LogP contribution in [0.3, 0.4) is 0 Å². The van der Waals surface area contributed by atoms with Gasteiger partial charge in [0.05, 0.1) is 0 Å². The fourth-order valence-electron chi connectivity index (χ4n) is 4.69. The third-order valence-electron chi connectivity index (χ3n) is 6.54. The molecule has 4 rings (SSSR count). The number of likely N-dealkylation sites (tertiary alicyclic amines) is 2. The highest BCUT2D eigenvalue weighted by Crippen LogP contribution is 2.40. The number of nitrogens with one attached hydrogen (secondary N) is 1. The minimum Gasteiger partial charge on any atom is -0.437 e. The topological polar surface area (TPSA) is 65.6 Å². The smallest absolute Gasteiger partial charge is 0.425 e. The Balaban J connectivity index is 1.44. The fourth-order valence-corrected chi connectivity index (χ4v) is 4.69. The van der Waals surface area contributed by atoms with Gasteiger partial charge in [-0.15, -0.1) is 0 Å². The summed E-state index contributed by atoms with van der Waals surface area (Å²) in [4.78, 5) is 31.8. The zero-order valence-electron chi connectivity index (χ0n) is 17.6. The number of piperidine rings is 1. The maximum absolute atomic E-state index is 13.3. The van der Waals surface area contributed by atoms with Crippen LogP contribution < -0.4 is 0 Å². The molecular formula is C22H26F3N3O3. The van der Waals surface area contributed by atoms with Crippen LogP contribution in [0.5, 0.6) is 0 Å². The predicted octanol–water partition coefficient (Wildman–Crippen LogP) is 4.63. The van der Waals surface area contributed by atoms with E-state index in [1.165, 1.54) is 4.90 Å². The van der Waals surface area contributed by atoms with Gasteiger partial charge in [-0.3, -0.25) is 4.79 Å². The van der Waals surface area contributed by atoms with Gasteiger partial charge in [0.2, 0.25) is 0 Å². The van der Waals surface area contributed by atoms with Crippen LogP contribution in [0.1, 0.15) is 48.7 Å². The van der Waals surface area contributed by atoms with Gasteiger partial charge in [0.1, 0.15) is 5.69 Å². The summed E-state index contributed by atoms with van der Waals surface area (Å²) in [5.41, 5.74) is 2.17. The summed E-state index contributed by atoms with van der Waals surface area (Å²) < 4.78 is 42.6. The lowest BCUT2D eigenvalue weighted by Gasteiger charge is -2.44. The maximum atomic E-state index is 13.3. The van der Waals surface area contributed by atoms with Crippen LogP contribution in [0.2, 0.25) is 0 Å². The molecule has 2 amide bonds. The average molecular weight is 437 g/mol. The van der Waals surface area contributed by atoms with Gasteiger partial charge in [-0.05, 0) is 57.7 Å². The standard InChI is InChI=1S/C22H26F3N3O3/c1-14-4-5-17-16(12-14)13-18(26-17)19(29)28-9-3-6-21(28)7-10-27(11-8-21)20(30)31-15(2)22(23,24)25/h4-5,12-13,15,26H,3,6-11H2,1-2H3. The lowest BCUT2D eigenvalue weighted by Crippen LogP contribution is -2.55. The molecule has 2 fully saturated rings. The Kier molecular flexibility index (Phi) is 5.39. The number of carbonyl (C=O) groups excluding carboxylic acids is 2. The largest absolute Gasteiger partial charge is 0.437 e. The first-order valence-electron chi connectivity index (χ1n) is 10.5. The zero-order chi connectivity index (χ0) is 22.4. The molecule has 2 aliphatic rings. The van der Waals surface area contributed by atoms with Gasteiger partial charge in [0.25, 0.3) is 5.91 Å². The minimum absolute atomic E-state index is 0.0759. The Bertz CT molecular complexity index is 993. The molecule has 2 aliphatic heterocycles. The Morgan fingerprint density at radius 3 is 2.52 bits per heavy atom. The molecule has 3 heterocycles. The normalized spacial score (nSPS) is 19.8. The van der Waals surface area contributed by atoms with Crippen LogP contribution in [-0.2, 0) is 4.74 Å². The molecule has 0 saturated carbocycles. The first-order chi connectivity index (χ1) is 14.6. The number of benzene rings is 1. The maximum Gasteiger partial charge on any atom is 0.425 e. The summed E-state index contributed by atoms with van der Waals surface area (Å²) in [5.74, 6) is -0.0759. The lowest BCUT2D eigenvalue weighted by atomic mass is 9.85. The second kappa shape index (κ2) is 7.76. The van der Waals surface area contributed by atoms with Crippen molar-refractivity contribution in [1.29, 1.82) is 0 Å². The van der Waals surface area contributed by atoms with Crippen molar-refractivity contribution in [3.8, 4) is 0 Å². The molecule has 2 aromatic rings. The highest BCUT2D eigenvalue weighted by atomic mass is 19.4. The Hall–Kier alpha value is -2.71. The van der Waals surface area contributed by atoms with Crippen molar-refractivity contribution in [2.75, 3.05) is 19.6 Å². The Morgan fingerprint density at radius 1 is 1.13 bits per heavy atom. The number of ether oxygens (including phenoxy) is 1. The second-order valence-electron chi connectivity index (χ2n) is 8.61. The quantitative estimate of drug-likeness (QED) is 0.745. The molecule has 1 aromatic heterocycles. The number of nitrogens with zero attached hydrogens (tertiary/aromatic N) is 2. The van der Waals surface area contributed by atoms with Crippen molar-refractivity contribution >= 4 is 22.9 Å². The van der Waals surface area contributed by atoms with Crippen molar-refractivity contribution in [2.24, 2.45) is 0 Å². The van der Waals surface area contributed by atoms with Gasteiger partial charge in [-0.25, -0.2) is 4.79 Å². The van der Waals surface area contributed by atoms with E-state index < -0.39 is 18.4 Å². The summed E-state index contributed by atoms with van der Waals surface area (Å²) in [7, 11) is 0. The number of fused-ring (bicyclic) bond motifs is 1. The van der Waals surface area contributed by atoms with E-state index in [0.29, 0.717) is 25.1 Å².